The van der Waals surface area contributed by atoms with Crippen molar-refractivity contribution < 1.29 is 0 Å². The molecule has 17 heavy (non-hydrogen) atoms. The van der Waals surface area contributed by atoms with E-state index in [1.165, 1.54) is 5.56 Å². The number of nitrogens with zero attached hydrogens (tertiary/aromatic N) is 1. The molecule has 0 saturated heterocycles. The maximum atomic E-state index is 4.47. The second kappa shape index (κ2) is 8.25. The van der Waals surface area contributed by atoms with Crippen LogP contribution >= 0.6 is 34.2 Å². The van der Waals surface area contributed by atoms with Crippen molar-refractivity contribution in [1.82, 2.24) is 0 Å². The lowest BCUT2D eigenvalue weighted by Gasteiger charge is -2.08. The van der Waals surface area contributed by atoms with Gasteiger partial charge in [-0.05, 0) is 12.2 Å². The Balaban J connectivity index is 2.33. The predicted molar refractivity (Wildman–Crippen MR) is 93.1 cm³/mol. The minimum absolute atomic E-state index is 0.505. The van der Waals surface area contributed by atoms with Crippen LogP contribution in [0.15, 0.2) is 34.7 Å². The van der Waals surface area contributed by atoms with Crippen molar-refractivity contribution in [3.05, 3.63) is 35.9 Å². The SMILES string of the molecule is BC(C)C(C)C=NSB(I)Cc1ccccc1. The highest BCUT2D eigenvalue weighted by atomic mass is 127. The molecule has 0 aliphatic heterocycles. The van der Waals surface area contributed by atoms with Gasteiger partial charge in [-0.1, -0.05) is 67.4 Å². The molecule has 0 aliphatic rings. The lowest BCUT2D eigenvalue weighted by molar-refractivity contribution is 0.753. The summed E-state index contributed by atoms with van der Waals surface area (Å²) in [5.74, 6) is 1.23. The second-order valence-electron chi connectivity index (χ2n) is 4.56. The summed E-state index contributed by atoms with van der Waals surface area (Å²) in [6.45, 7) is 4.45. The fourth-order valence-electron chi connectivity index (χ4n) is 1.21. The van der Waals surface area contributed by atoms with E-state index in [1.807, 2.05) is 0 Å². The van der Waals surface area contributed by atoms with E-state index in [4.69, 9.17) is 0 Å². The molecule has 1 aromatic rings. The highest BCUT2D eigenvalue weighted by molar-refractivity contribution is 14.1. The number of halogens is 1. The highest BCUT2D eigenvalue weighted by Crippen LogP contribution is 2.20. The molecule has 0 N–H and O–H groups in total. The summed E-state index contributed by atoms with van der Waals surface area (Å²) in [7, 11) is 2.23. The molecule has 0 heterocycles. The highest BCUT2D eigenvalue weighted by Gasteiger charge is 2.11. The van der Waals surface area contributed by atoms with Gasteiger partial charge >= 0.3 is 3.85 Å². The van der Waals surface area contributed by atoms with E-state index in [0.717, 1.165) is 6.32 Å². The first-order chi connectivity index (χ1) is 8.09. The maximum Gasteiger partial charge on any atom is 0.315 e. The van der Waals surface area contributed by atoms with E-state index in [9.17, 15) is 0 Å². The molecule has 0 amide bonds. The van der Waals surface area contributed by atoms with Crippen LogP contribution in [0, 0.1) is 5.92 Å². The van der Waals surface area contributed by atoms with Crippen molar-refractivity contribution in [3.8, 4) is 0 Å². The number of hydrogen-bond donors (Lipinski definition) is 0. The van der Waals surface area contributed by atoms with E-state index in [1.54, 1.807) is 11.8 Å². The second-order valence-corrected chi connectivity index (χ2v) is 7.90. The molecule has 2 atom stereocenters. The molecule has 2 unspecified atom stereocenters. The quantitative estimate of drug-likeness (QED) is 0.329. The van der Waals surface area contributed by atoms with Crippen LogP contribution < -0.4 is 0 Å². The van der Waals surface area contributed by atoms with E-state index >= 15 is 0 Å². The van der Waals surface area contributed by atoms with Crippen LogP contribution in [-0.2, 0) is 6.32 Å². The molecule has 0 saturated carbocycles. The topological polar surface area (TPSA) is 12.4 Å². The third-order valence-corrected chi connectivity index (χ3v) is 4.52. The van der Waals surface area contributed by atoms with Crippen molar-refractivity contribution >= 4 is 52.1 Å². The number of rotatable bonds is 6. The van der Waals surface area contributed by atoms with Crippen LogP contribution in [0.1, 0.15) is 19.4 Å². The lowest BCUT2D eigenvalue weighted by Crippen LogP contribution is -2.05. The first kappa shape index (κ1) is 15.2. The first-order valence-electron chi connectivity index (χ1n) is 5.97. The Bertz CT molecular complexity index is 346. The molecule has 1 nitrogen and oxygen atoms in total. The number of hydrogen-bond acceptors (Lipinski definition) is 2. The van der Waals surface area contributed by atoms with E-state index in [0.29, 0.717) is 15.6 Å². The Kier molecular flexibility index (Phi) is 7.35. The van der Waals surface area contributed by atoms with Crippen molar-refractivity contribution in [2.24, 2.45) is 10.3 Å². The molecule has 90 valence electrons. The van der Waals surface area contributed by atoms with Crippen LogP contribution in [0.5, 0.6) is 0 Å². The Morgan fingerprint density at radius 1 is 1.41 bits per heavy atom. The fraction of sp³-hybridized carbons (Fsp3) is 0.417. The largest absolute Gasteiger partial charge is 0.315 e. The first-order valence-corrected chi connectivity index (χ1v) is 8.05. The van der Waals surface area contributed by atoms with Gasteiger partial charge in [0.05, 0.1) is 0 Å². The van der Waals surface area contributed by atoms with E-state index < -0.39 is 0 Å². The summed E-state index contributed by atoms with van der Waals surface area (Å²) < 4.78 is 4.98. The van der Waals surface area contributed by atoms with Gasteiger partial charge in [0.1, 0.15) is 7.85 Å². The van der Waals surface area contributed by atoms with Gasteiger partial charge in [0.2, 0.25) is 0 Å². The van der Waals surface area contributed by atoms with Crippen molar-refractivity contribution in [2.45, 2.75) is 26.0 Å². The summed E-state index contributed by atoms with van der Waals surface area (Å²) in [6, 6.07) is 10.6. The molecular weight excluding hydrogens is 339 g/mol. The summed E-state index contributed by atoms with van der Waals surface area (Å²) >= 11 is 4.13. The minimum atomic E-state index is 0.505. The van der Waals surface area contributed by atoms with Crippen LogP contribution in [0.2, 0.25) is 5.82 Å². The zero-order chi connectivity index (χ0) is 12.7. The smallest absolute Gasteiger partial charge is 0.239 e. The lowest BCUT2D eigenvalue weighted by atomic mass is 9.80. The summed E-state index contributed by atoms with van der Waals surface area (Å²) in [5, 5.41) is 0. The molecule has 0 bridgehead atoms. The molecule has 0 spiro atoms. The molecule has 1 aromatic carbocycles. The maximum absolute atomic E-state index is 4.47. The van der Waals surface area contributed by atoms with Crippen LogP contribution in [0.25, 0.3) is 0 Å². The minimum Gasteiger partial charge on any atom is -0.239 e. The van der Waals surface area contributed by atoms with E-state index in [2.05, 4.69) is 85.0 Å². The third kappa shape index (κ3) is 6.55. The predicted octanol–water partition coefficient (Wildman–Crippen LogP) is 3.49. The van der Waals surface area contributed by atoms with Gasteiger partial charge in [-0.15, -0.1) is 22.4 Å². The monoisotopic (exact) mass is 357 g/mol. The van der Waals surface area contributed by atoms with Crippen molar-refractivity contribution in [3.63, 3.8) is 0 Å². The standard InChI is InChI=1S/C12H18B2INS/c1-10(11(2)13)9-16-17-14(15)8-12-6-4-3-5-7-12/h3-7,9-11H,8,13H2,1-2H3. The van der Waals surface area contributed by atoms with Crippen molar-refractivity contribution in [2.75, 3.05) is 0 Å². The molecule has 0 fully saturated rings. The Morgan fingerprint density at radius 2 is 2.06 bits per heavy atom. The third-order valence-electron chi connectivity index (χ3n) is 2.76. The van der Waals surface area contributed by atoms with Gasteiger partial charge in [-0.2, -0.15) is 0 Å². The van der Waals surface area contributed by atoms with Crippen LogP contribution in [0.3, 0.4) is 0 Å². The fourth-order valence-corrected chi connectivity index (χ4v) is 2.77. The molecule has 0 aromatic heterocycles. The van der Waals surface area contributed by atoms with Crippen LogP contribution in [-0.4, -0.2) is 17.9 Å². The number of benzene rings is 1. The van der Waals surface area contributed by atoms with Gasteiger partial charge in [0.15, 0.2) is 0 Å². The van der Waals surface area contributed by atoms with E-state index in [-0.39, 0.29) is 0 Å². The Morgan fingerprint density at radius 3 is 2.65 bits per heavy atom. The normalized spacial score (nSPS) is 14.8. The zero-order valence-electron chi connectivity index (χ0n) is 10.6. The molecule has 5 heteroatoms. The molecular formula is C12H18B2INS. The Hall–Kier alpha value is 0.0999. The van der Waals surface area contributed by atoms with Crippen LogP contribution in [0.4, 0.5) is 0 Å². The van der Waals surface area contributed by atoms with Gasteiger partial charge in [-0.3, -0.25) is 0 Å². The average Bonchev–Trinajstić information content (AvgIpc) is 2.30. The summed E-state index contributed by atoms with van der Waals surface area (Å²) in [5.41, 5.74) is 1.38. The van der Waals surface area contributed by atoms with Gasteiger partial charge < -0.3 is 0 Å². The zero-order valence-corrected chi connectivity index (χ0v) is 13.6. The Labute approximate surface area is 124 Å². The molecule has 0 radical (unpaired) electrons. The van der Waals surface area contributed by atoms with Crippen molar-refractivity contribution in [1.29, 1.82) is 0 Å². The summed E-state index contributed by atoms with van der Waals surface area (Å²) in [6.07, 6.45) is 3.14. The van der Waals surface area contributed by atoms with Gasteiger partial charge in [0.25, 0.3) is 0 Å². The van der Waals surface area contributed by atoms with Gasteiger partial charge in [-0.25, -0.2) is 4.40 Å². The van der Waals surface area contributed by atoms with Gasteiger partial charge in [0, 0.05) is 6.21 Å². The average molecular weight is 357 g/mol. The molecule has 0 aliphatic carbocycles. The summed E-state index contributed by atoms with van der Waals surface area (Å²) in [4.78, 5) is 0. The molecule has 1 rings (SSSR count).